The van der Waals surface area contributed by atoms with Crippen LogP contribution in [0.25, 0.3) is 11.0 Å². The van der Waals surface area contributed by atoms with Crippen molar-refractivity contribution in [2.75, 3.05) is 39.4 Å². The monoisotopic (exact) mass is 532 g/mol. The molecule has 206 valence electrons. The number of fused-ring (bicyclic) bond motifs is 1. The van der Waals surface area contributed by atoms with E-state index in [1.807, 2.05) is 42.2 Å². The molecule has 2 aromatic carbocycles. The van der Waals surface area contributed by atoms with Crippen molar-refractivity contribution in [3.05, 3.63) is 94.0 Å². The fourth-order valence-electron chi connectivity index (χ4n) is 5.54. The molecular formula is C31H36N2O6. The van der Waals surface area contributed by atoms with Gasteiger partial charge in [0.05, 0.1) is 11.6 Å². The number of hydrogen-bond donors (Lipinski definition) is 1. The lowest BCUT2D eigenvalue weighted by molar-refractivity contribution is -0.171. The molecule has 3 atom stereocenters. The molecule has 3 heterocycles. The summed E-state index contributed by atoms with van der Waals surface area (Å²) in [7, 11) is 0. The normalized spacial score (nSPS) is 21.9. The van der Waals surface area contributed by atoms with Gasteiger partial charge in [-0.15, -0.1) is 0 Å². The maximum absolute atomic E-state index is 13.7. The number of aliphatic hydroxyl groups excluding tert-OH is 1. The molecule has 0 radical (unpaired) electrons. The van der Waals surface area contributed by atoms with E-state index in [1.165, 1.54) is 11.8 Å². The number of carbonyl (C=O) groups is 1. The van der Waals surface area contributed by atoms with E-state index in [4.69, 9.17) is 13.9 Å². The molecule has 1 amide bonds. The van der Waals surface area contributed by atoms with E-state index < -0.39 is 12.2 Å². The third kappa shape index (κ3) is 6.08. The molecule has 2 aliphatic heterocycles. The van der Waals surface area contributed by atoms with E-state index in [2.05, 4.69) is 17.0 Å². The van der Waals surface area contributed by atoms with Gasteiger partial charge >= 0.3 is 0 Å². The molecule has 0 spiro atoms. The highest BCUT2D eigenvalue weighted by Crippen LogP contribution is 2.39. The molecule has 39 heavy (non-hydrogen) atoms. The standard InChI is InChI=1S/C31H36N2O6/c1-2-37-31-23(12-8-18-34)25(26-21-38-27-13-7-6-11-24(27)29(26)35)19-28(39-31)30(36)33-16-14-32(15-17-33)20-22-9-4-3-5-10-22/h3-7,9-11,13,19,21,23,25,31,34H,2,8,12,14-18,20H2,1H3/t23-,25+,31-/m1/s1. The molecule has 0 aliphatic carbocycles. The highest BCUT2D eigenvalue weighted by atomic mass is 16.7. The quantitative estimate of drug-likeness (QED) is 0.447. The molecule has 1 aromatic heterocycles. The lowest BCUT2D eigenvalue weighted by atomic mass is 9.81. The Morgan fingerprint density at radius 3 is 2.54 bits per heavy atom. The molecule has 1 N–H and O–H groups in total. The van der Waals surface area contributed by atoms with Crippen molar-refractivity contribution in [2.45, 2.75) is 38.5 Å². The Morgan fingerprint density at radius 1 is 1.05 bits per heavy atom. The van der Waals surface area contributed by atoms with Gasteiger partial charge in [-0.1, -0.05) is 42.5 Å². The first-order chi connectivity index (χ1) is 19.1. The minimum atomic E-state index is -0.722. The van der Waals surface area contributed by atoms with Gasteiger partial charge in [-0.3, -0.25) is 14.5 Å². The summed E-state index contributed by atoms with van der Waals surface area (Å²) >= 11 is 0. The molecule has 1 fully saturated rings. The predicted molar refractivity (Wildman–Crippen MR) is 148 cm³/mol. The number of benzene rings is 2. The van der Waals surface area contributed by atoms with E-state index in [1.54, 1.807) is 18.2 Å². The number of rotatable bonds is 9. The average Bonchev–Trinajstić information content (AvgIpc) is 2.97. The average molecular weight is 533 g/mol. The Bertz CT molecular complexity index is 1350. The van der Waals surface area contributed by atoms with Crippen LogP contribution in [0.3, 0.4) is 0 Å². The second-order valence-corrected chi connectivity index (χ2v) is 10.1. The van der Waals surface area contributed by atoms with Gasteiger partial charge < -0.3 is 23.9 Å². The number of ether oxygens (including phenoxy) is 2. The Kier molecular flexibility index (Phi) is 8.76. The summed E-state index contributed by atoms with van der Waals surface area (Å²) in [5.41, 5.74) is 2.09. The molecule has 8 heteroatoms. The molecular weight excluding hydrogens is 496 g/mol. The lowest BCUT2D eigenvalue weighted by Crippen LogP contribution is -2.50. The SMILES string of the molecule is CCO[C@@H]1OC(C(=O)N2CCN(Cc3ccccc3)CC2)=C[C@H](c2coc3ccccc3c2=O)[C@H]1CCCO. The highest BCUT2D eigenvalue weighted by molar-refractivity contribution is 5.92. The zero-order valence-corrected chi connectivity index (χ0v) is 22.3. The van der Waals surface area contributed by atoms with Gasteiger partial charge in [-0.2, -0.15) is 0 Å². The number of nitrogens with zero attached hydrogens (tertiary/aromatic N) is 2. The van der Waals surface area contributed by atoms with Gasteiger partial charge in [-0.05, 0) is 43.5 Å². The van der Waals surface area contributed by atoms with Crippen molar-refractivity contribution in [1.82, 2.24) is 9.80 Å². The maximum Gasteiger partial charge on any atom is 0.288 e. The molecule has 5 rings (SSSR count). The molecule has 8 nitrogen and oxygen atoms in total. The number of hydrogen-bond acceptors (Lipinski definition) is 7. The predicted octanol–water partition coefficient (Wildman–Crippen LogP) is 3.89. The number of allylic oxidation sites excluding steroid dienone is 1. The zero-order valence-electron chi connectivity index (χ0n) is 22.3. The van der Waals surface area contributed by atoms with Crippen molar-refractivity contribution in [2.24, 2.45) is 5.92 Å². The van der Waals surface area contributed by atoms with Crippen LogP contribution in [0.2, 0.25) is 0 Å². The topological polar surface area (TPSA) is 92.5 Å². The summed E-state index contributed by atoms with van der Waals surface area (Å²) in [5.74, 6) is -0.723. The van der Waals surface area contributed by atoms with E-state index in [-0.39, 0.29) is 29.6 Å². The van der Waals surface area contributed by atoms with Gasteiger partial charge in [-0.25, -0.2) is 0 Å². The van der Waals surface area contributed by atoms with Gasteiger partial charge in [0.2, 0.25) is 6.29 Å². The molecule has 2 aliphatic rings. The first-order valence-corrected chi connectivity index (χ1v) is 13.8. The van der Waals surface area contributed by atoms with E-state index in [0.717, 1.165) is 19.6 Å². The fraction of sp³-hybridized carbons (Fsp3) is 0.419. The van der Waals surface area contributed by atoms with Crippen LogP contribution in [0.4, 0.5) is 0 Å². The lowest BCUT2D eigenvalue weighted by Gasteiger charge is -2.39. The van der Waals surface area contributed by atoms with Crippen molar-refractivity contribution in [3.63, 3.8) is 0 Å². The Labute approximate surface area is 228 Å². The minimum absolute atomic E-state index is 0.0111. The third-order valence-corrected chi connectivity index (χ3v) is 7.60. The van der Waals surface area contributed by atoms with Crippen LogP contribution in [0.5, 0.6) is 0 Å². The second-order valence-electron chi connectivity index (χ2n) is 10.1. The molecule has 1 saturated heterocycles. The van der Waals surface area contributed by atoms with Crippen LogP contribution in [0.1, 0.15) is 36.8 Å². The summed E-state index contributed by atoms with van der Waals surface area (Å²) in [6, 6.07) is 17.5. The van der Waals surface area contributed by atoms with Crippen LogP contribution >= 0.6 is 0 Å². The fourth-order valence-corrected chi connectivity index (χ4v) is 5.54. The van der Waals surface area contributed by atoms with Crippen LogP contribution in [-0.4, -0.2) is 66.5 Å². The minimum Gasteiger partial charge on any atom is -0.464 e. The third-order valence-electron chi connectivity index (χ3n) is 7.60. The van der Waals surface area contributed by atoms with Crippen LogP contribution in [0.15, 0.2) is 81.9 Å². The van der Waals surface area contributed by atoms with Crippen molar-refractivity contribution >= 4 is 16.9 Å². The van der Waals surface area contributed by atoms with E-state index >= 15 is 0 Å². The smallest absolute Gasteiger partial charge is 0.288 e. The molecule has 0 saturated carbocycles. The molecule has 3 aromatic rings. The Balaban J connectivity index is 1.40. The van der Waals surface area contributed by atoms with Crippen LogP contribution in [0, 0.1) is 5.92 Å². The summed E-state index contributed by atoms with van der Waals surface area (Å²) in [5, 5.41) is 10.0. The summed E-state index contributed by atoms with van der Waals surface area (Å²) in [4.78, 5) is 31.4. The first kappa shape index (κ1) is 27.1. The van der Waals surface area contributed by atoms with Gasteiger partial charge in [0.25, 0.3) is 5.91 Å². The van der Waals surface area contributed by atoms with Crippen LogP contribution < -0.4 is 5.43 Å². The summed E-state index contributed by atoms with van der Waals surface area (Å²) in [6.07, 6.45) is 3.62. The van der Waals surface area contributed by atoms with Crippen molar-refractivity contribution in [1.29, 1.82) is 0 Å². The van der Waals surface area contributed by atoms with Gasteiger partial charge in [0, 0.05) is 63.3 Å². The number of amides is 1. The van der Waals surface area contributed by atoms with Crippen molar-refractivity contribution < 1.29 is 23.8 Å². The first-order valence-electron chi connectivity index (χ1n) is 13.8. The van der Waals surface area contributed by atoms with E-state index in [9.17, 15) is 14.7 Å². The van der Waals surface area contributed by atoms with Crippen LogP contribution in [-0.2, 0) is 20.8 Å². The molecule has 0 unspecified atom stereocenters. The molecule has 0 bridgehead atoms. The number of para-hydroxylation sites is 1. The maximum atomic E-state index is 13.7. The largest absolute Gasteiger partial charge is 0.464 e. The van der Waals surface area contributed by atoms with Crippen molar-refractivity contribution in [3.8, 4) is 0 Å². The number of piperazine rings is 1. The summed E-state index contributed by atoms with van der Waals surface area (Å²) in [6.45, 7) is 5.82. The number of carbonyl (C=O) groups excluding carboxylic acids is 1. The van der Waals surface area contributed by atoms with E-state index in [0.29, 0.717) is 49.1 Å². The number of aliphatic hydroxyl groups is 1. The highest BCUT2D eigenvalue weighted by Gasteiger charge is 2.40. The summed E-state index contributed by atoms with van der Waals surface area (Å²) < 4.78 is 18.0. The zero-order chi connectivity index (χ0) is 27.2. The Hall–Kier alpha value is -3.46. The van der Waals surface area contributed by atoms with Gasteiger partial charge in [0.15, 0.2) is 11.2 Å². The second kappa shape index (κ2) is 12.6. The Morgan fingerprint density at radius 2 is 1.79 bits per heavy atom. The van der Waals surface area contributed by atoms with Gasteiger partial charge in [0.1, 0.15) is 5.58 Å².